The summed E-state index contributed by atoms with van der Waals surface area (Å²) in [5.41, 5.74) is -0.108. The molecule has 10 heteroatoms. The summed E-state index contributed by atoms with van der Waals surface area (Å²) in [5.74, 6) is -0.000997. The maximum Gasteiger partial charge on any atom is 0.278 e. The summed E-state index contributed by atoms with van der Waals surface area (Å²) < 4.78 is 5.46. The third-order valence-corrected chi connectivity index (χ3v) is 4.02. The summed E-state index contributed by atoms with van der Waals surface area (Å²) in [6, 6.07) is 9.94. The Balaban J connectivity index is 1.52. The first-order valence-corrected chi connectivity index (χ1v) is 8.32. The van der Waals surface area contributed by atoms with Gasteiger partial charge in [0.15, 0.2) is 17.6 Å². The van der Waals surface area contributed by atoms with E-state index in [0.29, 0.717) is 5.75 Å². The van der Waals surface area contributed by atoms with E-state index >= 15 is 0 Å². The molecule has 0 aliphatic carbocycles. The van der Waals surface area contributed by atoms with Crippen LogP contribution in [0.25, 0.3) is 21.9 Å². The van der Waals surface area contributed by atoms with Crippen molar-refractivity contribution in [3.8, 4) is 5.75 Å². The molecule has 4 rings (SSSR count). The quantitative estimate of drug-likeness (QED) is 0.452. The second kappa shape index (κ2) is 7.27. The molecule has 0 fully saturated rings. The number of hydrogen-bond acceptors (Lipinski definition) is 7. The highest BCUT2D eigenvalue weighted by Crippen LogP contribution is 2.16. The van der Waals surface area contributed by atoms with E-state index in [-0.39, 0.29) is 41.0 Å². The van der Waals surface area contributed by atoms with E-state index in [2.05, 4.69) is 30.7 Å². The summed E-state index contributed by atoms with van der Waals surface area (Å²) in [6.45, 7) is 0.0624. The Morgan fingerprint density at radius 2 is 1.96 bits per heavy atom. The second-order valence-corrected chi connectivity index (χ2v) is 5.90. The summed E-state index contributed by atoms with van der Waals surface area (Å²) in [4.78, 5) is 43.3. The fraction of sp³-hybridized carbons (Fsp3) is 0.111. The second-order valence-electron chi connectivity index (χ2n) is 5.90. The van der Waals surface area contributed by atoms with Crippen LogP contribution in [0.4, 0.5) is 0 Å². The maximum absolute atomic E-state index is 12.5. The van der Waals surface area contributed by atoms with Crippen LogP contribution in [0.2, 0.25) is 0 Å². The van der Waals surface area contributed by atoms with Gasteiger partial charge < -0.3 is 15.0 Å². The van der Waals surface area contributed by atoms with Gasteiger partial charge in [-0.05, 0) is 24.3 Å². The number of fused-ring (bicyclic) bond motifs is 2. The molecule has 0 saturated carbocycles. The number of pyridine rings is 1. The number of benzene rings is 1. The molecular formula is C18H14N6O4. The highest BCUT2D eigenvalue weighted by Gasteiger charge is 2.11. The van der Waals surface area contributed by atoms with Gasteiger partial charge in [-0.15, -0.1) is 0 Å². The Hall–Kier alpha value is -4.08. The van der Waals surface area contributed by atoms with Crippen molar-refractivity contribution in [2.24, 2.45) is 0 Å². The minimum absolute atomic E-state index is 0.0428. The van der Waals surface area contributed by atoms with Crippen molar-refractivity contribution in [2.75, 3.05) is 6.61 Å². The van der Waals surface area contributed by atoms with Crippen molar-refractivity contribution < 1.29 is 9.53 Å². The van der Waals surface area contributed by atoms with Crippen LogP contribution in [-0.4, -0.2) is 37.9 Å². The summed E-state index contributed by atoms with van der Waals surface area (Å²) in [6.07, 6.45) is 1.64. The van der Waals surface area contributed by atoms with Crippen molar-refractivity contribution in [1.82, 2.24) is 30.7 Å². The molecule has 1 amide bonds. The lowest BCUT2D eigenvalue weighted by molar-refractivity contribution is -0.123. The standard InChI is InChI=1S/C18H14N6O4/c25-14(20-8-10-3-1-2-6-19-10)9-28-11-4-5-12-13(7-11)21-18(27)16-15(17(12)26)22-24-23-16/h1-7H,8-9H2,(H,20,25)(H,21,27)(H,22,23,24). The van der Waals surface area contributed by atoms with Crippen molar-refractivity contribution in [3.05, 3.63) is 68.9 Å². The van der Waals surface area contributed by atoms with E-state index in [0.717, 1.165) is 5.69 Å². The van der Waals surface area contributed by atoms with Crippen molar-refractivity contribution in [2.45, 2.75) is 6.54 Å². The minimum Gasteiger partial charge on any atom is -0.484 e. The van der Waals surface area contributed by atoms with Crippen LogP contribution in [0.1, 0.15) is 5.69 Å². The van der Waals surface area contributed by atoms with Crippen molar-refractivity contribution in [3.63, 3.8) is 0 Å². The number of carbonyl (C=O) groups excluding carboxylic acids is 1. The molecule has 10 nitrogen and oxygen atoms in total. The van der Waals surface area contributed by atoms with Crippen LogP contribution in [0.3, 0.4) is 0 Å². The summed E-state index contributed by atoms with van der Waals surface area (Å²) in [7, 11) is 0. The SMILES string of the molecule is O=C(COc1ccc2c(=O)c3n[nH]nc3c(=O)[nH]c2c1)NCc1ccccn1. The van der Waals surface area contributed by atoms with Crippen LogP contribution < -0.4 is 21.0 Å². The molecule has 4 aromatic rings. The predicted molar refractivity (Wildman–Crippen MR) is 99.9 cm³/mol. The van der Waals surface area contributed by atoms with Gasteiger partial charge in [0.25, 0.3) is 11.5 Å². The average molecular weight is 378 g/mol. The zero-order valence-corrected chi connectivity index (χ0v) is 14.4. The number of amides is 1. The first-order chi connectivity index (χ1) is 13.6. The Bertz CT molecular complexity index is 1280. The number of ether oxygens (including phenoxy) is 1. The van der Waals surface area contributed by atoms with Crippen LogP contribution in [0.5, 0.6) is 5.75 Å². The molecule has 0 radical (unpaired) electrons. The van der Waals surface area contributed by atoms with Gasteiger partial charge in [0.1, 0.15) is 5.75 Å². The average Bonchev–Trinajstić information content (AvgIpc) is 3.18. The summed E-state index contributed by atoms with van der Waals surface area (Å²) in [5, 5.41) is 12.7. The van der Waals surface area contributed by atoms with Gasteiger partial charge in [0.05, 0.1) is 17.8 Å². The molecule has 0 saturated heterocycles. The van der Waals surface area contributed by atoms with E-state index in [9.17, 15) is 14.4 Å². The largest absolute Gasteiger partial charge is 0.484 e. The number of aromatic amines is 2. The third kappa shape index (κ3) is 3.43. The number of hydrogen-bond donors (Lipinski definition) is 3. The molecule has 28 heavy (non-hydrogen) atoms. The minimum atomic E-state index is -0.555. The molecule has 140 valence electrons. The molecule has 0 atom stereocenters. The lowest BCUT2D eigenvalue weighted by Gasteiger charge is -2.07. The first kappa shape index (κ1) is 17.3. The Labute approximate surface area is 156 Å². The molecule has 0 aliphatic rings. The Morgan fingerprint density at radius 3 is 2.79 bits per heavy atom. The monoisotopic (exact) mass is 378 g/mol. The molecule has 0 unspecified atom stereocenters. The Morgan fingerprint density at radius 1 is 1.11 bits per heavy atom. The molecule has 3 heterocycles. The number of rotatable bonds is 5. The number of aromatic nitrogens is 5. The fourth-order valence-corrected chi connectivity index (χ4v) is 2.66. The van der Waals surface area contributed by atoms with Crippen LogP contribution in [-0.2, 0) is 11.3 Å². The topological polar surface area (TPSA) is 143 Å². The van der Waals surface area contributed by atoms with Gasteiger partial charge >= 0.3 is 0 Å². The van der Waals surface area contributed by atoms with Gasteiger partial charge in [0, 0.05) is 17.6 Å². The molecule has 0 spiro atoms. The van der Waals surface area contributed by atoms with Gasteiger partial charge in [-0.1, -0.05) is 6.07 Å². The van der Waals surface area contributed by atoms with Crippen LogP contribution in [0.15, 0.2) is 52.2 Å². The van der Waals surface area contributed by atoms with Gasteiger partial charge in [-0.25, -0.2) is 0 Å². The van der Waals surface area contributed by atoms with Crippen molar-refractivity contribution >= 4 is 27.8 Å². The molecular weight excluding hydrogens is 364 g/mol. The van der Waals surface area contributed by atoms with E-state index in [1.165, 1.54) is 12.1 Å². The van der Waals surface area contributed by atoms with Crippen LogP contribution in [0, 0.1) is 0 Å². The molecule has 0 aliphatic heterocycles. The maximum atomic E-state index is 12.5. The molecule has 3 aromatic heterocycles. The fourth-order valence-electron chi connectivity index (χ4n) is 2.66. The first-order valence-electron chi connectivity index (χ1n) is 8.32. The number of carbonyl (C=O) groups is 1. The van der Waals surface area contributed by atoms with E-state index in [1.807, 2.05) is 6.07 Å². The smallest absolute Gasteiger partial charge is 0.278 e. The van der Waals surface area contributed by atoms with Crippen molar-refractivity contribution in [1.29, 1.82) is 0 Å². The number of H-pyrrole nitrogens is 2. The highest BCUT2D eigenvalue weighted by atomic mass is 16.5. The zero-order valence-electron chi connectivity index (χ0n) is 14.4. The van der Waals surface area contributed by atoms with Gasteiger partial charge in [0.2, 0.25) is 5.43 Å². The zero-order chi connectivity index (χ0) is 19.5. The van der Waals surface area contributed by atoms with Gasteiger partial charge in [-0.3, -0.25) is 19.4 Å². The number of nitrogens with one attached hydrogen (secondary N) is 3. The highest BCUT2D eigenvalue weighted by molar-refractivity contribution is 5.87. The predicted octanol–water partition coefficient (Wildman–Crippen LogP) is 0.250. The summed E-state index contributed by atoms with van der Waals surface area (Å²) >= 11 is 0. The lowest BCUT2D eigenvalue weighted by atomic mass is 10.2. The van der Waals surface area contributed by atoms with E-state index < -0.39 is 11.0 Å². The van der Waals surface area contributed by atoms with E-state index in [1.54, 1.807) is 24.4 Å². The van der Waals surface area contributed by atoms with Gasteiger partial charge in [-0.2, -0.15) is 15.4 Å². The lowest BCUT2D eigenvalue weighted by Crippen LogP contribution is -2.28. The molecule has 3 N–H and O–H groups in total. The molecule has 1 aromatic carbocycles. The number of nitrogens with zero attached hydrogens (tertiary/aromatic N) is 3. The van der Waals surface area contributed by atoms with Crippen LogP contribution >= 0.6 is 0 Å². The normalized spacial score (nSPS) is 10.9. The molecule has 0 bridgehead atoms. The van der Waals surface area contributed by atoms with E-state index in [4.69, 9.17) is 4.74 Å². The Kier molecular flexibility index (Phi) is 4.50. The third-order valence-electron chi connectivity index (χ3n) is 4.02.